The molecule has 6 nitrogen and oxygen atoms in total. The zero-order valence-corrected chi connectivity index (χ0v) is 11.9. The normalized spacial score (nSPS) is 11.4. The summed E-state index contributed by atoms with van der Waals surface area (Å²) in [6.45, 7) is 1.83. The number of nitrogens with zero attached hydrogens (tertiary/aromatic N) is 1. The van der Waals surface area contributed by atoms with Crippen molar-refractivity contribution < 1.29 is 14.7 Å². The van der Waals surface area contributed by atoms with Crippen molar-refractivity contribution in [3.05, 3.63) is 29.8 Å². The zero-order valence-electron chi connectivity index (χ0n) is 11.9. The number of benzene rings is 1. The first-order valence-electron chi connectivity index (χ1n) is 6.78. The van der Waals surface area contributed by atoms with Crippen molar-refractivity contribution in [3.8, 4) is 6.07 Å². The molecule has 6 heteroatoms. The van der Waals surface area contributed by atoms with Crippen LogP contribution in [0.5, 0.6) is 0 Å². The lowest BCUT2D eigenvalue weighted by Crippen LogP contribution is -2.41. The van der Waals surface area contributed by atoms with Crippen LogP contribution >= 0.6 is 0 Å². The molecule has 1 aromatic carbocycles. The van der Waals surface area contributed by atoms with E-state index < -0.39 is 12.0 Å². The Morgan fingerprint density at radius 3 is 2.52 bits per heavy atom. The Hall–Kier alpha value is -2.39. The van der Waals surface area contributed by atoms with Gasteiger partial charge in [0.05, 0.1) is 19.0 Å². The number of hydrogen-bond donors (Lipinski definition) is 3. The minimum Gasteiger partial charge on any atom is -0.480 e. The molecule has 0 saturated carbocycles. The van der Waals surface area contributed by atoms with E-state index in [1.54, 1.807) is 24.3 Å². The van der Waals surface area contributed by atoms with E-state index in [0.717, 1.165) is 12.0 Å². The summed E-state index contributed by atoms with van der Waals surface area (Å²) in [4.78, 5) is 22.7. The molecular formula is C15H19N3O3. The van der Waals surface area contributed by atoms with Crippen molar-refractivity contribution in [1.29, 1.82) is 5.26 Å². The second-order valence-electron chi connectivity index (χ2n) is 4.64. The molecule has 0 aromatic heterocycles. The standard InChI is InChI=1S/C15H19N3O3/c1-2-3-13(15(20)21)17-10-14(19)18-12-6-4-11(5-7-12)8-9-16/h4-7,13,17H,2-3,8,10H2,1H3,(H,18,19)(H,20,21). The van der Waals surface area contributed by atoms with E-state index in [-0.39, 0.29) is 12.5 Å². The number of carboxylic acid groups (broad SMARTS) is 1. The highest BCUT2D eigenvalue weighted by atomic mass is 16.4. The summed E-state index contributed by atoms with van der Waals surface area (Å²) in [5.74, 6) is -1.25. The van der Waals surface area contributed by atoms with Gasteiger partial charge < -0.3 is 10.4 Å². The third kappa shape index (κ3) is 6.06. The zero-order chi connectivity index (χ0) is 15.7. The number of nitriles is 1. The first-order valence-corrected chi connectivity index (χ1v) is 6.78. The summed E-state index contributed by atoms with van der Waals surface area (Å²) in [6.07, 6.45) is 1.53. The van der Waals surface area contributed by atoms with Crippen molar-refractivity contribution in [3.63, 3.8) is 0 Å². The fraction of sp³-hybridized carbons (Fsp3) is 0.400. The van der Waals surface area contributed by atoms with Gasteiger partial charge in [0.15, 0.2) is 0 Å². The van der Waals surface area contributed by atoms with Crippen molar-refractivity contribution in [2.45, 2.75) is 32.2 Å². The molecule has 0 fully saturated rings. The maximum atomic E-state index is 11.7. The predicted molar refractivity (Wildman–Crippen MR) is 78.7 cm³/mol. The minimum atomic E-state index is -0.953. The molecule has 1 atom stereocenters. The maximum Gasteiger partial charge on any atom is 0.320 e. The number of anilines is 1. The van der Waals surface area contributed by atoms with Gasteiger partial charge in [-0.05, 0) is 24.1 Å². The fourth-order valence-electron chi connectivity index (χ4n) is 1.82. The van der Waals surface area contributed by atoms with Crippen molar-refractivity contribution in [1.82, 2.24) is 5.32 Å². The Bertz CT molecular complexity index is 520. The van der Waals surface area contributed by atoms with Gasteiger partial charge in [0, 0.05) is 5.69 Å². The molecule has 0 aliphatic carbocycles. The molecule has 1 aromatic rings. The summed E-state index contributed by atoms with van der Waals surface area (Å²) in [7, 11) is 0. The Morgan fingerprint density at radius 1 is 1.33 bits per heavy atom. The number of carbonyl (C=O) groups is 2. The Morgan fingerprint density at radius 2 is 2.00 bits per heavy atom. The van der Waals surface area contributed by atoms with Gasteiger partial charge in [-0.2, -0.15) is 5.26 Å². The van der Waals surface area contributed by atoms with E-state index in [1.807, 2.05) is 13.0 Å². The quantitative estimate of drug-likeness (QED) is 0.673. The predicted octanol–water partition coefficient (Wildman–Crippen LogP) is 1.53. The lowest BCUT2D eigenvalue weighted by atomic mass is 10.1. The second-order valence-corrected chi connectivity index (χ2v) is 4.64. The fourth-order valence-corrected chi connectivity index (χ4v) is 1.82. The van der Waals surface area contributed by atoms with Crippen LogP contribution in [-0.2, 0) is 16.0 Å². The first kappa shape index (κ1) is 16.7. The molecule has 0 saturated heterocycles. The molecule has 1 amide bonds. The van der Waals surface area contributed by atoms with Gasteiger partial charge >= 0.3 is 5.97 Å². The summed E-state index contributed by atoms with van der Waals surface area (Å²) in [6, 6.07) is 8.30. The first-order chi connectivity index (χ1) is 10.1. The van der Waals surface area contributed by atoms with Gasteiger partial charge in [-0.15, -0.1) is 0 Å². The molecule has 1 rings (SSSR count). The second kappa shape index (κ2) is 8.72. The van der Waals surface area contributed by atoms with E-state index in [2.05, 4.69) is 10.6 Å². The molecule has 112 valence electrons. The molecular weight excluding hydrogens is 270 g/mol. The number of carbonyl (C=O) groups excluding carboxylic acids is 1. The highest BCUT2D eigenvalue weighted by Gasteiger charge is 2.16. The summed E-state index contributed by atoms with van der Waals surface area (Å²) < 4.78 is 0. The van der Waals surface area contributed by atoms with Crippen molar-refractivity contribution in [2.75, 3.05) is 11.9 Å². The van der Waals surface area contributed by atoms with Crippen LogP contribution in [0.25, 0.3) is 0 Å². The number of amides is 1. The van der Waals surface area contributed by atoms with Gasteiger partial charge in [-0.3, -0.25) is 14.9 Å². The van der Waals surface area contributed by atoms with Crippen LogP contribution < -0.4 is 10.6 Å². The molecule has 1 unspecified atom stereocenters. The molecule has 21 heavy (non-hydrogen) atoms. The molecule has 0 aliphatic rings. The van der Waals surface area contributed by atoms with Crippen LogP contribution in [0.1, 0.15) is 25.3 Å². The Kier molecular flexibility index (Phi) is 6.92. The van der Waals surface area contributed by atoms with Crippen LogP contribution in [0.2, 0.25) is 0 Å². The van der Waals surface area contributed by atoms with E-state index in [1.165, 1.54) is 0 Å². The van der Waals surface area contributed by atoms with E-state index >= 15 is 0 Å². The summed E-state index contributed by atoms with van der Waals surface area (Å²) in [5, 5.41) is 22.9. The lowest BCUT2D eigenvalue weighted by molar-refractivity contribution is -0.139. The monoisotopic (exact) mass is 289 g/mol. The Balaban J connectivity index is 2.46. The van der Waals surface area contributed by atoms with Gasteiger partial charge in [0.1, 0.15) is 6.04 Å². The average molecular weight is 289 g/mol. The van der Waals surface area contributed by atoms with Crippen LogP contribution in [0, 0.1) is 11.3 Å². The Labute approximate surface area is 123 Å². The number of aliphatic carboxylic acids is 1. The summed E-state index contributed by atoms with van der Waals surface area (Å²) >= 11 is 0. The topological polar surface area (TPSA) is 102 Å². The van der Waals surface area contributed by atoms with Crippen LogP contribution in [-0.4, -0.2) is 29.6 Å². The average Bonchev–Trinajstić information content (AvgIpc) is 2.45. The van der Waals surface area contributed by atoms with E-state index in [4.69, 9.17) is 10.4 Å². The largest absolute Gasteiger partial charge is 0.480 e. The van der Waals surface area contributed by atoms with E-state index in [9.17, 15) is 9.59 Å². The third-order valence-electron chi connectivity index (χ3n) is 2.91. The number of hydrogen-bond acceptors (Lipinski definition) is 4. The van der Waals surface area contributed by atoms with Gasteiger partial charge in [-0.1, -0.05) is 25.5 Å². The third-order valence-corrected chi connectivity index (χ3v) is 2.91. The van der Waals surface area contributed by atoms with E-state index in [0.29, 0.717) is 18.5 Å². The highest BCUT2D eigenvalue weighted by molar-refractivity contribution is 5.92. The minimum absolute atomic E-state index is 0.0586. The van der Waals surface area contributed by atoms with Crippen LogP contribution in [0.4, 0.5) is 5.69 Å². The molecule has 0 spiro atoms. The van der Waals surface area contributed by atoms with Crippen molar-refractivity contribution >= 4 is 17.6 Å². The smallest absolute Gasteiger partial charge is 0.320 e. The molecule has 0 bridgehead atoms. The molecule has 0 aliphatic heterocycles. The SMILES string of the molecule is CCCC(NCC(=O)Nc1ccc(CC#N)cc1)C(=O)O. The number of rotatable bonds is 8. The van der Waals surface area contributed by atoms with Gasteiger partial charge in [-0.25, -0.2) is 0 Å². The maximum absolute atomic E-state index is 11.7. The van der Waals surface area contributed by atoms with Crippen LogP contribution in [0.15, 0.2) is 24.3 Å². The molecule has 3 N–H and O–H groups in total. The van der Waals surface area contributed by atoms with Crippen LogP contribution in [0.3, 0.4) is 0 Å². The number of carboxylic acids is 1. The molecule has 0 heterocycles. The molecule has 0 radical (unpaired) electrons. The lowest BCUT2D eigenvalue weighted by Gasteiger charge is -2.13. The summed E-state index contributed by atoms with van der Waals surface area (Å²) in [5.41, 5.74) is 1.49. The van der Waals surface area contributed by atoms with Crippen molar-refractivity contribution in [2.24, 2.45) is 0 Å². The van der Waals surface area contributed by atoms with Gasteiger partial charge in [0.2, 0.25) is 5.91 Å². The highest BCUT2D eigenvalue weighted by Crippen LogP contribution is 2.09. The number of nitrogens with one attached hydrogen (secondary N) is 2. The van der Waals surface area contributed by atoms with Gasteiger partial charge in [0.25, 0.3) is 0 Å².